The number of imidazole rings is 1. The quantitative estimate of drug-likeness (QED) is 0.503. The number of aryl methyl sites for hydroxylation is 1. The Morgan fingerprint density at radius 2 is 2.30 bits per heavy atom. The van der Waals surface area contributed by atoms with E-state index in [2.05, 4.69) is 20.5 Å². The highest BCUT2D eigenvalue weighted by molar-refractivity contribution is 5.33. The van der Waals surface area contributed by atoms with E-state index in [0.717, 1.165) is 11.3 Å². The first-order valence-electron chi connectivity index (χ1n) is 2.86. The first-order chi connectivity index (χ1) is 4.88. The molecule has 5 heteroatoms. The zero-order chi connectivity index (χ0) is 6.97. The Morgan fingerprint density at radius 3 is 3.10 bits per heavy atom. The molecule has 0 saturated carbocycles. The molecule has 0 saturated heterocycles. The van der Waals surface area contributed by atoms with E-state index in [0.29, 0.717) is 0 Å². The van der Waals surface area contributed by atoms with Crippen LogP contribution in [0.15, 0.2) is 12.4 Å². The fraction of sp³-hybridized carbons (Fsp3) is 0.200. The van der Waals surface area contributed by atoms with Crippen LogP contribution in [0, 0.1) is 6.92 Å². The largest absolute Gasteiger partial charge is 0.234 e. The SMILES string of the molecule is Cc1cnc2cnnnn12. The molecule has 0 atom stereocenters. The van der Waals surface area contributed by atoms with Crippen molar-refractivity contribution in [3.8, 4) is 0 Å². The van der Waals surface area contributed by atoms with Crippen LogP contribution in [0.3, 0.4) is 0 Å². The summed E-state index contributed by atoms with van der Waals surface area (Å²) in [5.41, 5.74) is 1.69. The minimum Gasteiger partial charge on any atom is -0.234 e. The summed E-state index contributed by atoms with van der Waals surface area (Å²) in [6.07, 6.45) is 3.30. The second-order valence-corrected chi connectivity index (χ2v) is 1.99. The molecule has 0 bridgehead atoms. The van der Waals surface area contributed by atoms with Crippen LogP contribution in [0.25, 0.3) is 5.65 Å². The van der Waals surface area contributed by atoms with E-state index in [9.17, 15) is 0 Å². The van der Waals surface area contributed by atoms with Crippen LogP contribution in [0.2, 0.25) is 0 Å². The summed E-state index contributed by atoms with van der Waals surface area (Å²) >= 11 is 0. The van der Waals surface area contributed by atoms with Gasteiger partial charge < -0.3 is 0 Å². The second-order valence-electron chi connectivity index (χ2n) is 1.99. The Hall–Kier alpha value is -1.52. The molecule has 2 rings (SSSR count). The summed E-state index contributed by atoms with van der Waals surface area (Å²) < 4.78 is 1.63. The molecule has 0 unspecified atom stereocenters. The molecule has 0 aliphatic carbocycles. The van der Waals surface area contributed by atoms with Crippen LogP contribution in [0.1, 0.15) is 5.69 Å². The monoisotopic (exact) mass is 135 g/mol. The minimum absolute atomic E-state index is 0.729. The van der Waals surface area contributed by atoms with Gasteiger partial charge in [0.2, 0.25) is 0 Å². The molecule has 5 nitrogen and oxygen atoms in total. The Balaban J connectivity index is 2.93. The van der Waals surface area contributed by atoms with Gasteiger partial charge in [-0.2, -0.15) is 4.52 Å². The number of hydrogen-bond donors (Lipinski definition) is 0. The van der Waals surface area contributed by atoms with Gasteiger partial charge in [-0.05, 0) is 17.4 Å². The Labute approximate surface area is 56.7 Å². The molecule has 0 N–H and O–H groups in total. The Bertz CT molecular complexity index is 352. The van der Waals surface area contributed by atoms with E-state index in [4.69, 9.17) is 0 Å². The van der Waals surface area contributed by atoms with E-state index in [1.54, 1.807) is 16.9 Å². The van der Waals surface area contributed by atoms with E-state index in [-0.39, 0.29) is 0 Å². The maximum atomic E-state index is 4.02. The van der Waals surface area contributed by atoms with E-state index < -0.39 is 0 Å². The van der Waals surface area contributed by atoms with Crippen molar-refractivity contribution in [2.75, 3.05) is 0 Å². The van der Waals surface area contributed by atoms with Gasteiger partial charge in [0.1, 0.15) is 0 Å². The lowest BCUT2D eigenvalue weighted by Crippen LogP contribution is -1.97. The van der Waals surface area contributed by atoms with Gasteiger partial charge in [0.15, 0.2) is 5.65 Å². The van der Waals surface area contributed by atoms with Gasteiger partial charge in [-0.15, -0.1) is 5.10 Å². The van der Waals surface area contributed by atoms with Gasteiger partial charge in [-0.1, -0.05) is 0 Å². The van der Waals surface area contributed by atoms with Crippen molar-refractivity contribution in [3.63, 3.8) is 0 Å². The zero-order valence-corrected chi connectivity index (χ0v) is 5.39. The van der Waals surface area contributed by atoms with Gasteiger partial charge in [0, 0.05) is 0 Å². The number of aromatic nitrogens is 5. The van der Waals surface area contributed by atoms with Crippen LogP contribution in [0.5, 0.6) is 0 Å². The molecule has 0 aliphatic heterocycles. The van der Waals surface area contributed by atoms with Gasteiger partial charge in [-0.25, -0.2) is 4.98 Å². The third-order valence-electron chi connectivity index (χ3n) is 1.29. The summed E-state index contributed by atoms with van der Waals surface area (Å²) in [4.78, 5) is 4.02. The maximum Gasteiger partial charge on any atom is 0.175 e. The molecule has 50 valence electrons. The number of fused-ring (bicyclic) bond motifs is 1. The van der Waals surface area contributed by atoms with Crippen molar-refractivity contribution < 1.29 is 0 Å². The fourth-order valence-electron chi connectivity index (χ4n) is 0.795. The summed E-state index contributed by atoms with van der Waals surface area (Å²) in [7, 11) is 0. The predicted molar refractivity (Wildman–Crippen MR) is 33.3 cm³/mol. The zero-order valence-electron chi connectivity index (χ0n) is 5.39. The van der Waals surface area contributed by atoms with Crippen LogP contribution >= 0.6 is 0 Å². The lowest BCUT2D eigenvalue weighted by atomic mass is 10.6. The van der Waals surface area contributed by atoms with Crippen molar-refractivity contribution >= 4 is 5.65 Å². The Kier molecular flexibility index (Phi) is 0.913. The molecule has 2 aromatic rings. The van der Waals surface area contributed by atoms with Crippen molar-refractivity contribution in [2.24, 2.45) is 0 Å². The summed E-state index contributed by atoms with van der Waals surface area (Å²) in [6, 6.07) is 0. The van der Waals surface area contributed by atoms with Crippen molar-refractivity contribution in [1.82, 2.24) is 25.0 Å². The highest BCUT2D eigenvalue weighted by Crippen LogP contribution is 1.97. The predicted octanol–water partition coefficient (Wildman–Crippen LogP) is -0.172. The van der Waals surface area contributed by atoms with Gasteiger partial charge in [0.05, 0.1) is 18.1 Å². The van der Waals surface area contributed by atoms with Crippen LogP contribution in [-0.2, 0) is 0 Å². The van der Waals surface area contributed by atoms with Gasteiger partial charge >= 0.3 is 0 Å². The Morgan fingerprint density at radius 1 is 1.40 bits per heavy atom. The number of hydrogen-bond acceptors (Lipinski definition) is 4. The molecular formula is C5H5N5. The number of rotatable bonds is 0. The standard InChI is InChI=1S/C5H5N5/c1-4-2-6-5-3-7-8-9-10(4)5/h2-3H,1H3. The van der Waals surface area contributed by atoms with E-state index >= 15 is 0 Å². The van der Waals surface area contributed by atoms with Crippen LogP contribution in [0.4, 0.5) is 0 Å². The average Bonchev–Trinajstić information content (AvgIpc) is 2.34. The van der Waals surface area contributed by atoms with Crippen molar-refractivity contribution in [3.05, 3.63) is 18.1 Å². The van der Waals surface area contributed by atoms with Crippen LogP contribution < -0.4 is 0 Å². The molecule has 0 aliphatic rings. The van der Waals surface area contributed by atoms with E-state index in [1.165, 1.54) is 0 Å². The summed E-state index contributed by atoms with van der Waals surface area (Å²) in [6.45, 7) is 1.91. The lowest BCUT2D eigenvalue weighted by Gasteiger charge is -1.87. The minimum atomic E-state index is 0.729. The third-order valence-corrected chi connectivity index (χ3v) is 1.29. The first kappa shape index (κ1) is 5.28. The molecule has 0 spiro atoms. The first-order valence-corrected chi connectivity index (χ1v) is 2.86. The smallest absolute Gasteiger partial charge is 0.175 e. The molecule has 2 aromatic heterocycles. The number of nitrogens with zero attached hydrogens (tertiary/aromatic N) is 5. The van der Waals surface area contributed by atoms with Gasteiger partial charge in [0.25, 0.3) is 0 Å². The normalized spacial score (nSPS) is 10.5. The average molecular weight is 135 g/mol. The molecular weight excluding hydrogens is 130 g/mol. The maximum absolute atomic E-state index is 4.02. The third kappa shape index (κ3) is 0.570. The molecule has 0 fully saturated rings. The van der Waals surface area contributed by atoms with Crippen molar-refractivity contribution in [1.29, 1.82) is 0 Å². The summed E-state index contributed by atoms with van der Waals surface area (Å²) in [5.74, 6) is 0. The summed E-state index contributed by atoms with van der Waals surface area (Å²) in [5, 5.41) is 10.8. The molecule has 10 heavy (non-hydrogen) atoms. The molecule has 0 radical (unpaired) electrons. The highest BCUT2D eigenvalue weighted by atomic mass is 15.5. The van der Waals surface area contributed by atoms with Gasteiger partial charge in [-0.3, -0.25) is 0 Å². The molecule has 2 heterocycles. The van der Waals surface area contributed by atoms with E-state index in [1.807, 2.05) is 6.92 Å². The molecule has 0 aromatic carbocycles. The second kappa shape index (κ2) is 1.73. The van der Waals surface area contributed by atoms with Crippen LogP contribution in [-0.4, -0.2) is 25.0 Å². The lowest BCUT2D eigenvalue weighted by molar-refractivity contribution is 0.714. The van der Waals surface area contributed by atoms with Crippen molar-refractivity contribution in [2.45, 2.75) is 6.92 Å². The topological polar surface area (TPSA) is 56.0 Å². The highest BCUT2D eigenvalue weighted by Gasteiger charge is 1.96. The fourth-order valence-corrected chi connectivity index (χ4v) is 0.795. The molecule has 0 amide bonds.